The molecule has 1 aliphatic heterocycles. The first-order valence-corrected chi connectivity index (χ1v) is 11.3. The third-order valence-electron chi connectivity index (χ3n) is 5.08. The maximum absolute atomic E-state index is 12.8. The van der Waals surface area contributed by atoms with Crippen LogP contribution in [-0.2, 0) is 15.8 Å². The largest absolute Gasteiger partial charge is 0.487 e. The van der Waals surface area contributed by atoms with E-state index in [4.69, 9.17) is 4.74 Å². The van der Waals surface area contributed by atoms with Crippen molar-refractivity contribution in [3.8, 4) is 5.75 Å². The Labute approximate surface area is 164 Å². The van der Waals surface area contributed by atoms with E-state index in [1.54, 1.807) is 0 Å². The fraction of sp³-hybridized carbons (Fsp3) is 0.400. The normalized spacial score (nSPS) is 18.8. The molecular weight excluding hydrogens is 414 g/mol. The summed E-state index contributed by atoms with van der Waals surface area (Å²) < 4.78 is 35.7. The lowest BCUT2D eigenvalue weighted by molar-refractivity contribution is 0.0260. The lowest BCUT2D eigenvalue weighted by atomic mass is 9.84. The molecule has 0 aliphatic carbocycles. The van der Waals surface area contributed by atoms with Crippen molar-refractivity contribution in [1.29, 1.82) is 0 Å². The highest BCUT2D eigenvalue weighted by atomic mass is 79.9. The summed E-state index contributed by atoms with van der Waals surface area (Å²) >= 11 is 3.37. The van der Waals surface area contributed by atoms with Gasteiger partial charge in [-0.25, -0.2) is 13.1 Å². The van der Waals surface area contributed by atoms with Crippen LogP contribution in [0, 0.1) is 0 Å². The van der Waals surface area contributed by atoms with Gasteiger partial charge in [0.1, 0.15) is 11.4 Å². The van der Waals surface area contributed by atoms with Gasteiger partial charge in [-0.05, 0) is 36.6 Å². The minimum Gasteiger partial charge on any atom is -0.487 e. The summed E-state index contributed by atoms with van der Waals surface area (Å²) in [6, 6.07) is 14.8. The lowest BCUT2D eigenvalue weighted by Crippen LogP contribution is -2.44. The molecule has 4 nitrogen and oxygen atoms in total. The monoisotopic (exact) mass is 437 g/mol. The maximum Gasteiger partial charge on any atom is 0.216 e. The van der Waals surface area contributed by atoms with Gasteiger partial charge in [0, 0.05) is 16.5 Å². The fourth-order valence-electron chi connectivity index (χ4n) is 3.46. The summed E-state index contributed by atoms with van der Waals surface area (Å²) in [5.41, 5.74) is 1.33. The average Bonchev–Trinajstić information content (AvgIpc) is 2.63. The van der Waals surface area contributed by atoms with E-state index in [1.807, 2.05) is 48.5 Å². The molecule has 0 saturated heterocycles. The smallest absolute Gasteiger partial charge is 0.216 e. The minimum atomic E-state index is -3.48. The molecular formula is C20H24BrNO3S. The van der Waals surface area contributed by atoms with Crippen LogP contribution < -0.4 is 9.46 Å². The van der Waals surface area contributed by atoms with Gasteiger partial charge < -0.3 is 4.74 Å². The molecule has 0 amide bonds. The van der Waals surface area contributed by atoms with Gasteiger partial charge in [0.25, 0.3) is 0 Å². The molecule has 1 heterocycles. The van der Waals surface area contributed by atoms with E-state index < -0.39 is 10.0 Å². The molecule has 6 heteroatoms. The number of rotatable bonds is 6. The van der Waals surface area contributed by atoms with E-state index in [2.05, 4.69) is 34.5 Å². The second-order valence-corrected chi connectivity index (χ2v) is 9.46. The Hall–Kier alpha value is -1.37. The third kappa shape index (κ3) is 4.30. The molecule has 1 atom stereocenters. The molecule has 2 aromatic rings. The van der Waals surface area contributed by atoms with Crippen molar-refractivity contribution in [2.45, 2.75) is 50.5 Å². The number of fused-ring (bicyclic) bond motifs is 1. The van der Waals surface area contributed by atoms with Crippen LogP contribution in [0.15, 0.2) is 53.0 Å². The van der Waals surface area contributed by atoms with E-state index in [-0.39, 0.29) is 17.4 Å². The zero-order valence-corrected chi connectivity index (χ0v) is 17.4. The topological polar surface area (TPSA) is 55.4 Å². The average molecular weight is 438 g/mol. The quantitative estimate of drug-likeness (QED) is 0.694. The van der Waals surface area contributed by atoms with Crippen LogP contribution in [0.5, 0.6) is 5.75 Å². The highest BCUT2D eigenvalue weighted by Crippen LogP contribution is 2.42. The number of hydrogen-bond acceptors (Lipinski definition) is 3. The lowest BCUT2D eigenvalue weighted by Gasteiger charge is -2.41. The molecule has 0 fully saturated rings. The van der Waals surface area contributed by atoms with Crippen LogP contribution in [0.25, 0.3) is 0 Å². The molecule has 0 unspecified atom stereocenters. The van der Waals surface area contributed by atoms with Crippen molar-refractivity contribution in [3.63, 3.8) is 0 Å². The predicted octanol–water partition coefficient (Wildman–Crippen LogP) is 4.95. The zero-order valence-electron chi connectivity index (χ0n) is 15.0. The molecule has 0 bridgehead atoms. The Morgan fingerprint density at radius 2 is 1.77 bits per heavy atom. The van der Waals surface area contributed by atoms with Gasteiger partial charge in [-0.15, -0.1) is 0 Å². The van der Waals surface area contributed by atoms with Crippen LogP contribution in [0.1, 0.15) is 50.3 Å². The van der Waals surface area contributed by atoms with Crippen LogP contribution >= 0.6 is 15.9 Å². The maximum atomic E-state index is 12.8. The summed E-state index contributed by atoms with van der Waals surface area (Å²) in [7, 11) is -3.48. The van der Waals surface area contributed by atoms with E-state index in [1.165, 1.54) is 0 Å². The molecule has 1 aliphatic rings. The molecule has 0 aromatic heterocycles. The number of benzene rings is 2. The van der Waals surface area contributed by atoms with Crippen molar-refractivity contribution >= 4 is 26.0 Å². The van der Waals surface area contributed by atoms with Crippen molar-refractivity contribution in [2.24, 2.45) is 0 Å². The Balaban J connectivity index is 1.86. The van der Waals surface area contributed by atoms with Gasteiger partial charge in [0.2, 0.25) is 10.0 Å². The summed E-state index contributed by atoms with van der Waals surface area (Å²) in [6.07, 6.45) is 2.31. The van der Waals surface area contributed by atoms with Crippen LogP contribution in [-0.4, -0.2) is 14.0 Å². The van der Waals surface area contributed by atoms with Crippen molar-refractivity contribution in [1.82, 2.24) is 4.72 Å². The highest BCUT2D eigenvalue weighted by Gasteiger charge is 2.39. The molecule has 140 valence electrons. The Bertz CT molecular complexity index is 861. The Morgan fingerprint density at radius 1 is 1.12 bits per heavy atom. The molecule has 26 heavy (non-hydrogen) atoms. The zero-order chi connectivity index (χ0) is 18.8. The van der Waals surface area contributed by atoms with Gasteiger partial charge in [-0.3, -0.25) is 0 Å². The number of halogens is 1. The van der Waals surface area contributed by atoms with E-state index in [9.17, 15) is 8.42 Å². The number of nitrogens with one attached hydrogen (secondary N) is 1. The summed E-state index contributed by atoms with van der Waals surface area (Å²) in [6.45, 7) is 4.18. The van der Waals surface area contributed by atoms with Gasteiger partial charge in [0.05, 0.1) is 11.8 Å². The fourth-order valence-corrected chi connectivity index (χ4v) is 5.09. The number of sulfonamides is 1. The molecule has 0 radical (unpaired) electrons. The second-order valence-electron chi connectivity index (χ2n) is 6.79. The molecule has 0 saturated carbocycles. The number of para-hydroxylation sites is 1. The second kappa shape index (κ2) is 7.71. The number of hydrogen-bond donors (Lipinski definition) is 1. The third-order valence-corrected chi connectivity index (χ3v) is 6.96. The summed E-state index contributed by atoms with van der Waals surface area (Å²) in [5.74, 6) is 0.740. The van der Waals surface area contributed by atoms with Gasteiger partial charge in [-0.2, -0.15) is 0 Å². The molecule has 1 N–H and O–H groups in total. The van der Waals surface area contributed by atoms with Crippen molar-refractivity contribution in [2.75, 3.05) is 0 Å². The SMILES string of the molecule is CCC1(CC)C[C@H](NS(=O)(=O)Cc2ccc(Br)cc2)c2ccccc2O1. The van der Waals surface area contributed by atoms with Crippen LogP contribution in [0.2, 0.25) is 0 Å². The van der Waals surface area contributed by atoms with Crippen molar-refractivity contribution < 1.29 is 13.2 Å². The van der Waals surface area contributed by atoms with E-state index in [0.717, 1.165) is 34.2 Å². The number of ether oxygens (including phenoxy) is 1. The Kier molecular flexibility index (Phi) is 5.75. The van der Waals surface area contributed by atoms with Gasteiger partial charge >= 0.3 is 0 Å². The van der Waals surface area contributed by atoms with E-state index >= 15 is 0 Å². The van der Waals surface area contributed by atoms with Gasteiger partial charge in [-0.1, -0.05) is 60.1 Å². The van der Waals surface area contributed by atoms with E-state index in [0.29, 0.717) is 6.42 Å². The first kappa shape index (κ1) is 19.4. The first-order valence-electron chi connectivity index (χ1n) is 8.89. The first-order chi connectivity index (χ1) is 12.4. The Morgan fingerprint density at radius 3 is 2.42 bits per heavy atom. The highest BCUT2D eigenvalue weighted by molar-refractivity contribution is 9.10. The predicted molar refractivity (Wildman–Crippen MR) is 108 cm³/mol. The molecule has 0 spiro atoms. The van der Waals surface area contributed by atoms with Crippen LogP contribution in [0.3, 0.4) is 0 Å². The summed E-state index contributed by atoms with van der Waals surface area (Å²) in [5, 5.41) is 0. The van der Waals surface area contributed by atoms with Crippen LogP contribution in [0.4, 0.5) is 0 Å². The summed E-state index contributed by atoms with van der Waals surface area (Å²) in [4.78, 5) is 0. The van der Waals surface area contributed by atoms with Crippen molar-refractivity contribution in [3.05, 3.63) is 64.1 Å². The molecule has 3 rings (SSSR count). The van der Waals surface area contributed by atoms with Gasteiger partial charge in [0.15, 0.2) is 0 Å². The molecule has 2 aromatic carbocycles. The minimum absolute atomic E-state index is 0.0367. The standard InChI is InChI=1S/C20H24BrNO3S/c1-3-20(4-2)13-18(17-7-5-6-8-19(17)25-20)22-26(23,24)14-15-9-11-16(21)12-10-15/h5-12,18,22H,3-4,13-14H2,1-2H3/t18-/m0/s1.